The van der Waals surface area contributed by atoms with Gasteiger partial charge in [-0.3, -0.25) is 0 Å². The van der Waals surface area contributed by atoms with Crippen molar-refractivity contribution in [2.45, 2.75) is 48.9 Å². The molecule has 0 bridgehead atoms. The first-order valence-corrected chi connectivity index (χ1v) is 6.70. The predicted octanol–water partition coefficient (Wildman–Crippen LogP) is 4.33. The smallest absolute Gasteiger partial charge is 0.0456 e. The highest BCUT2D eigenvalue weighted by Crippen LogP contribution is 2.28. The molecule has 80 valence electrons. The Bertz CT molecular complexity index is 119. The maximum absolute atomic E-state index is 5.87. The van der Waals surface area contributed by atoms with E-state index >= 15 is 0 Å². The summed E-state index contributed by atoms with van der Waals surface area (Å²) in [5.41, 5.74) is 0. The second-order valence-corrected chi connectivity index (χ2v) is 6.82. The van der Waals surface area contributed by atoms with Crippen LogP contribution in [0.25, 0.3) is 0 Å². The summed E-state index contributed by atoms with van der Waals surface area (Å²) >= 11 is 14.5. The summed E-state index contributed by atoms with van der Waals surface area (Å²) in [6, 6.07) is 0. The van der Waals surface area contributed by atoms with E-state index in [4.69, 9.17) is 26.8 Å². The number of halogens is 2. The number of alkyl halides is 2. The van der Waals surface area contributed by atoms with Gasteiger partial charge in [-0.2, -0.15) is 0 Å². The summed E-state index contributed by atoms with van der Waals surface area (Å²) in [6.45, 7) is 8.00. The molecule has 5 heteroatoms. The van der Waals surface area contributed by atoms with Crippen LogP contribution in [0.5, 0.6) is 0 Å². The molecule has 4 atom stereocenters. The second-order valence-electron chi connectivity index (χ2n) is 3.03. The Morgan fingerprint density at radius 3 is 1.38 bits per heavy atom. The van der Waals surface area contributed by atoms with E-state index in [9.17, 15) is 0 Å². The SMILES string of the molecule is CC(Cl)C(C)SOSC(C)C(C)Cl. The minimum atomic E-state index is 0.120. The maximum Gasteiger partial charge on any atom is 0.0456 e. The molecule has 0 spiro atoms. The fourth-order valence-corrected chi connectivity index (χ4v) is 2.03. The van der Waals surface area contributed by atoms with Gasteiger partial charge in [0.15, 0.2) is 0 Å². The average molecular weight is 263 g/mol. The van der Waals surface area contributed by atoms with Crippen LogP contribution in [0.15, 0.2) is 0 Å². The Hall–Kier alpha value is 1.24. The summed E-state index contributed by atoms with van der Waals surface area (Å²) in [5, 5.41) is 0.836. The largest absolute Gasteiger partial charge is 0.247 e. The zero-order chi connectivity index (χ0) is 10.4. The molecule has 4 unspecified atom stereocenters. The lowest BCUT2D eigenvalue weighted by molar-refractivity contribution is 0.714. The fraction of sp³-hybridized carbons (Fsp3) is 1.00. The van der Waals surface area contributed by atoms with E-state index in [0.717, 1.165) is 0 Å². The van der Waals surface area contributed by atoms with Crippen LogP contribution in [0.2, 0.25) is 0 Å². The number of rotatable bonds is 6. The van der Waals surface area contributed by atoms with Gasteiger partial charge in [0.1, 0.15) is 0 Å². The van der Waals surface area contributed by atoms with Crippen molar-refractivity contribution < 1.29 is 3.63 Å². The van der Waals surface area contributed by atoms with Gasteiger partial charge in [-0.1, -0.05) is 0 Å². The lowest BCUT2D eigenvalue weighted by Crippen LogP contribution is -2.11. The molecule has 0 aliphatic rings. The molecule has 0 saturated heterocycles. The van der Waals surface area contributed by atoms with Crippen LogP contribution in [0.3, 0.4) is 0 Å². The summed E-state index contributed by atoms with van der Waals surface area (Å²) in [6.07, 6.45) is 0. The molecule has 0 aliphatic carbocycles. The molecule has 0 N–H and O–H groups in total. The van der Waals surface area contributed by atoms with Crippen LogP contribution in [0.1, 0.15) is 27.7 Å². The third-order valence-corrected chi connectivity index (χ3v) is 4.78. The first-order chi connectivity index (χ1) is 5.95. The van der Waals surface area contributed by atoms with Gasteiger partial charge in [0.05, 0.1) is 0 Å². The van der Waals surface area contributed by atoms with E-state index in [0.29, 0.717) is 10.5 Å². The van der Waals surface area contributed by atoms with E-state index in [1.54, 1.807) is 0 Å². The van der Waals surface area contributed by atoms with Crippen LogP contribution in [0, 0.1) is 0 Å². The monoisotopic (exact) mass is 262 g/mol. The Morgan fingerprint density at radius 2 is 1.15 bits per heavy atom. The Morgan fingerprint density at radius 1 is 0.846 bits per heavy atom. The Balaban J connectivity index is 3.45. The van der Waals surface area contributed by atoms with Crippen LogP contribution in [-0.2, 0) is 3.63 Å². The number of hydrogen-bond donors (Lipinski definition) is 0. The highest BCUT2D eigenvalue weighted by Gasteiger charge is 2.14. The van der Waals surface area contributed by atoms with Gasteiger partial charge < -0.3 is 0 Å². The van der Waals surface area contributed by atoms with Gasteiger partial charge in [-0.25, -0.2) is 3.63 Å². The van der Waals surface area contributed by atoms with Crippen LogP contribution in [-0.4, -0.2) is 21.3 Å². The quantitative estimate of drug-likeness (QED) is 0.521. The zero-order valence-electron chi connectivity index (χ0n) is 8.29. The van der Waals surface area contributed by atoms with Gasteiger partial charge in [0, 0.05) is 45.3 Å². The molecule has 0 fully saturated rings. The van der Waals surface area contributed by atoms with Crippen molar-refractivity contribution >= 4 is 47.3 Å². The summed E-state index contributed by atoms with van der Waals surface area (Å²) in [4.78, 5) is 0. The van der Waals surface area contributed by atoms with Gasteiger partial charge in [0.25, 0.3) is 0 Å². The third-order valence-electron chi connectivity index (χ3n) is 1.68. The highest BCUT2D eigenvalue weighted by molar-refractivity contribution is 8.08. The van der Waals surface area contributed by atoms with E-state index < -0.39 is 0 Å². The van der Waals surface area contributed by atoms with Gasteiger partial charge in [0.2, 0.25) is 0 Å². The lowest BCUT2D eigenvalue weighted by Gasteiger charge is -2.15. The third kappa shape index (κ3) is 7.20. The van der Waals surface area contributed by atoms with Crippen molar-refractivity contribution in [3.8, 4) is 0 Å². The molecule has 0 heterocycles. The molecule has 0 aromatic heterocycles. The summed E-state index contributed by atoms with van der Waals surface area (Å²) < 4.78 is 5.34. The minimum Gasteiger partial charge on any atom is -0.247 e. The van der Waals surface area contributed by atoms with Crippen molar-refractivity contribution in [3.05, 3.63) is 0 Å². The zero-order valence-corrected chi connectivity index (χ0v) is 11.4. The normalized spacial score (nSPS) is 20.8. The molecule has 0 saturated carbocycles. The predicted molar refractivity (Wildman–Crippen MR) is 65.8 cm³/mol. The molecule has 0 amide bonds. The highest BCUT2D eigenvalue weighted by atomic mass is 35.5. The van der Waals surface area contributed by atoms with Crippen LogP contribution in [0.4, 0.5) is 0 Å². The molecular formula is C8H16Cl2OS2. The average Bonchev–Trinajstić information content (AvgIpc) is 2.03. The van der Waals surface area contributed by atoms with Gasteiger partial charge in [-0.05, 0) is 27.7 Å². The van der Waals surface area contributed by atoms with Crippen molar-refractivity contribution in [2.24, 2.45) is 0 Å². The van der Waals surface area contributed by atoms with E-state index in [-0.39, 0.29) is 10.8 Å². The molecule has 0 aromatic rings. The van der Waals surface area contributed by atoms with Crippen LogP contribution < -0.4 is 0 Å². The lowest BCUT2D eigenvalue weighted by atomic mass is 10.4. The molecule has 0 aromatic carbocycles. The van der Waals surface area contributed by atoms with Crippen molar-refractivity contribution in [1.82, 2.24) is 0 Å². The minimum absolute atomic E-state index is 0.120. The van der Waals surface area contributed by atoms with E-state index in [1.165, 1.54) is 24.1 Å². The fourth-order valence-electron chi connectivity index (χ4n) is 0.300. The molecular weight excluding hydrogens is 247 g/mol. The van der Waals surface area contributed by atoms with Crippen molar-refractivity contribution in [1.29, 1.82) is 0 Å². The van der Waals surface area contributed by atoms with Crippen molar-refractivity contribution in [3.63, 3.8) is 0 Å². The molecule has 1 nitrogen and oxygen atoms in total. The topological polar surface area (TPSA) is 9.23 Å². The first kappa shape index (κ1) is 14.2. The van der Waals surface area contributed by atoms with Gasteiger partial charge in [-0.15, -0.1) is 23.2 Å². The van der Waals surface area contributed by atoms with E-state index in [2.05, 4.69) is 0 Å². The molecule has 0 radical (unpaired) electrons. The second kappa shape index (κ2) is 7.52. The molecule has 0 rings (SSSR count). The molecule has 0 aliphatic heterocycles. The van der Waals surface area contributed by atoms with E-state index in [1.807, 2.05) is 27.7 Å². The summed E-state index contributed by atoms with van der Waals surface area (Å²) in [5.74, 6) is 0. The standard InChI is InChI=1S/C8H16Cl2OS2/c1-5(9)7(3)12-11-13-8(4)6(2)10/h5-8H,1-4H3. The van der Waals surface area contributed by atoms with Crippen molar-refractivity contribution in [2.75, 3.05) is 0 Å². The van der Waals surface area contributed by atoms with Crippen LogP contribution >= 0.6 is 47.3 Å². The Labute approximate surface area is 99.7 Å². The number of hydrogen-bond acceptors (Lipinski definition) is 3. The molecule has 13 heavy (non-hydrogen) atoms. The first-order valence-electron chi connectivity index (χ1n) is 4.22. The summed E-state index contributed by atoms with van der Waals surface area (Å²) in [7, 11) is 0. The maximum atomic E-state index is 5.87. The Kier molecular flexibility index (Phi) is 8.24. The van der Waals surface area contributed by atoms with Gasteiger partial charge >= 0.3 is 0 Å².